The van der Waals surface area contributed by atoms with E-state index in [1.807, 2.05) is 38.1 Å². The van der Waals surface area contributed by atoms with Crippen molar-refractivity contribution in [3.05, 3.63) is 35.7 Å². The van der Waals surface area contributed by atoms with Crippen LogP contribution in [0.5, 0.6) is 5.75 Å². The number of ether oxygens (including phenoxy) is 1. The molecule has 1 aromatic carbocycles. The molecule has 0 spiro atoms. The number of nitrogens with zero attached hydrogens (tertiary/aromatic N) is 2. The molecule has 0 aliphatic carbocycles. The lowest BCUT2D eigenvalue weighted by Crippen LogP contribution is -2.28. The quantitative estimate of drug-likeness (QED) is 0.799. The van der Waals surface area contributed by atoms with Crippen molar-refractivity contribution in [1.29, 1.82) is 0 Å². The lowest BCUT2D eigenvalue weighted by Gasteiger charge is -2.16. The fraction of sp³-hybridized carbons (Fsp3) is 0.357. The van der Waals surface area contributed by atoms with E-state index in [4.69, 9.17) is 4.74 Å². The van der Waals surface area contributed by atoms with Gasteiger partial charge in [0.2, 0.25) is 11.1 Å². The Labute approximate surface area is 127 Å². The van der Waals surface area contributed by atoms with Crippen LogP contribution < -0.4 is 10.1 Å². The molecule has 6 nitrogen and oxygen atoms in total. The van der Waals surface area contributed by atoms with Gasteiger partial charge in [-0.2, -0.15) is 0 Å². The number of aromatic nitrogens is 3. The molecule has 1 unspecified atom stereocenters. The standard InChI is InChI=1S/C14H18N4O2S/c1-9(11-6-4-5-7-12(11)20-3)15-13(19)8-21-14-16-10(2)17-18-14/h4-7,9H,8H2,1-3H3,(H,15,19)(H,16,17,18). The second-order valence-electron chi connectivity index (χ2n) is 4.52. The zero-order chi connectivity index (χ0) is 15.2. The molecule has 21 heavy (non-hydrogen) atoms. The number of para-hydroxylation sites is 1. The van der Waals surface area contributed by atoms with Gasteiger partial charge in [0.15, 0.2) is 0 Å². The lowest BCUT2D eigenvalue weighted by molar-refractivity contribution is -0.119. The van der Waals surface area contributed by atoms with Gasteiger partial charge in [-0.05, 0) is 19.9 Å². The van der Waals surface area contributed by atoms with E-state index in [0.29, 0.717) is 5.16 Å². The Bertz CT molecular complexity index is 615. The van der Waals surface area contributed by atoms with Crippen LogP contribution in [0, 0.1) is 6.92 Å². The van der Waals surface area contributed by atoms with E-state index in [1.54, 1.807) is 7.11 Å². The van der Waals surface area contributed by atoms with Crippen LogP contribution >= 0.6 is 11.8 Å². The van der Waals surface area contributed by atoms with Crippen molar-refractivity contribution in [2.24, 2.45) is 0 Å². The highest BCUT2D eigenvalue weighted by atomic mass is 32.2. The van der Waals surface area contributed by atoms with Crippen molar-refractivity contribution in [3.63, 3.8) is 0 Å². The van der Waals surface area contributed by atoms with Crippen molar-refractivity contribution in [2.75, 3.05) is 12.9 Å². The van der Waals surface area contributed by atoms with E-state index >= 15 is 0 Å². The summed E-state index contributed by atoms with van der Waals surface area (Å²) in [6, 6.07) is 7.52. The molecule has 0 fully saturated rings. The SMILES string of the molecule is COc1ccccc1C(C)NC(=O)CSc1n[nH]c(C)n1. The molecule has 112 valence electrons. The molecular formula is C14H18N4O2S. The number of hydrogen-bond donors (Lipinski definition) is 2. The molecule has 0 saturated heterocycles. The molecule has 2 aromatic rings. The summed E-state index contributed by atoms with van der Waals surface area (Å²) in [7, 11) is 1.62. The third-order valence-electron chi connectivity index (χ3n) is 2.89. The Morgan fingerprint density at radius 1 is 1.48 bits per heavy atom. The second kappa shape index (κ2) is 7.12. The average Bonchev–Trinajstić information content (AvgIpc) is 2.90. The van der Waals surface area contributed by atoms with Gasteiger partial charge in [0.25, 0.3) is 0 Å². The van der Waals surface area contributed by atoms with Crippen molar-refractivity contribution >= 4 is 17.7 Å². The van der Waals surface area contributed by atoms with Crippen molar-refractivity contribution in [3.8, 4) is 5.75 Å². The summed E-state index contributed by atoms with van der Waals surface area (Å²) in [4.78, 5) is 16.1. The summed E-state index contributed by atoms with van der Waals surface area (Å²) in [5.74, 6) is 1.71. The summed E-state index contributed by atoms with van der Waals surface area (Å²) < 4.78 is 5.30. The number of carbonyl (C=O) groups is 1. The van der Waals surface area contributed by atoms with Gasteiger partial charge in [0, 0.05) is 5.56 Å². The van der Waals surface area contributed by atoms with Crippen LogP contribution in [0.1, 0.15) is 24.4 Å². The van der Waals surface area contributed by atoms with Crippen LogP contribution in [0.3, 0.4) is 0 Å². The fourth-order valence-corrected chi connectivity index (χ4v) is 2.56. The predicted molar refractivity (Wildman–Crippen MR) is 81.4 cm³/mol. The number of nitrogens with one attached hydrogen (secondary N) is 2. The molecule has 0 aliphatic rings. The highest BCUT2D eigenvalue weighted by Crippen LogP contribution is 2.24. The monoisotopic (exact) mass is 306 g/mol. The normalized spacial score (nSPS) is 12.0. The summed E-state index contributed by atoms with van der Waals surface area (Å²) in [6.07, 6.45) is 0. The third-order valence-corrected chi connectivity index (χ3v) is 3.74. The molecule has 0 bridgehead atoms. The van der Waals surface area contributed by atoms with E-state index in [9.17, 15) is 4.79 Å². The van der Waals surface area contributed by atoms with E-state index in [1.165, 1.54) is 11.8 Å². The van der Waals surface area contributed by atoms with Gasteiger partial charge in [-0.25, -0.2) is 4.98 Å². The van der Waals surface area contributed by atoms with Gasteiger partial charge < -0.3 is 10.1 Å². The van der Waals surface area contributed by atoms with Gasteiger partial charge in [-0.1, -0.05) is 30.0 Å². The van der Waals surface area contributed by atoms with Gasteiger partial charge in [-0.3, -0.25) is 9.89 Å². The number of rotatable bonds is 6. The van der Waals surface area contributed by atoms with Crippen LogP contribution in [0.2, 0.25) is 0 Å². The molecule has 2 rings (SSSR count). The van der Waals surface area contributed by atoms with Gasteiger partial charge in [-0.15, -0.1) is 5.10 Å². The molecule has 0 saturated carbocycles. The largest absolute Gasteiger partial charge is 0.496 e. The van der Waals surface area contributed by atoms with E-state index < -0.39 is 0 Å². The molecule has 0 radical (unpaired) electrons. The smallest absolute Gasteiger partial charge is 0.230 e. The molecule has 1 amide bonds. The van der Waals surface area contributed by atoms with Crippen molar-refractivity contribution in [2.45, 2.75) is 25.0 Å². The topological polar surface area (TPSA) is 79.9 Å². The first kappa shape index (κ1) is 15.4. The first-order valence-electron chi connectivity index (χ1n) is 6.54. The van der Waals surface area contributed by atoms with Crippen LogP contribution in [0.4, 0.5) is 0 Å². The molecule has 1 aromatic heterocycles. The highest BCUT2D eigenvalue weighted by Gasteiger charge is 2.14. The highest BCUT2D eigenvalue weighted by molar-refractivity contribution is 7.99. The number of H-pyrrole nitrogens is 1. The number of hydrogen-bond acceptors (Lipinski definition) is 5. The number of methoxy groups -OCH3 is 1. The Kier molecular flexibility index (Phi) is 5.21. The zero-order valence-electron chi connectivity index (χ0n) is 12.2. The van der Waals surface area contributed by atoms with E-state index in [0.717, 1.165) is 17.1 Å². The summed E-state index contributed by atoms with van der Waals surface area (Å²) in [5.41, 5.74) is 0.951. The second-order valence-corrected chi connectivity index (χ2v) is 5.47. The first-order valence-corrected chi connectivity index (χ1v) is 7.52. The fourth-order valence-electron chi connectivity index (χ4n) is 1.90. The molecule has 7 heteroatoms. The molecule has 1 heterocycles. The molecule has 1 atom stereocenters. The summed E-state index contributed by atoms with van der Waals surface area (Å²) in [5, 5.41) is 10.2. The molecule has 0 aliphatic heterocycles. The number of amides is 1. The van der Waals surface area contributed by atoms with Crippen LogP contribution in [0.25, 0.3) is 0 Å². The van der Waals surface area contributed by atoms with Crippen molar-refractivity contribution < 1.29 is 9.53 Å². The van der Waals surface area contributed by atoms with Crippen LogP contribution in [-0.2, 0) is 4.79 Å². The van der Waals surface area contributed by atoms with Gasteiger partial charge in [0.05, 0.1) is 18.9 Å². The summed E-state index contributed by atoms with van der Waals surface area (Å²) >= 11 is 1.30. The Balaban J connectivity index is 1.89. The third kappa shape index (κ3) is 4.22. The van der Waals surface area contributed by atoms with Crippen LogP contribution in [-0.4, -0.2) is 34.0 Å². The average molecular weight is 306 g/mol. The Morgan fingerprint density at radius 2 is 2.24 bits per heavy atom. The minimum absolute atomic E-state index is 0.0686. The summed E-state index contributed by atoms with van der Waals surface area (Å²) in [6.45, 7) is 3.75. The number of benzene rings is 1. The molecule has 2 N–H and O–H groups in total. The van der Waals surface area contributed by atoms with Crippen LogP contribution in [0.15, 0.2) is 29.4 Å². The number of carbonyl (C=O) groups excluding carboxylic acids is 1. The first-order chi connectivity index (χ1) is 10.1. The van der Waals surface area contributed by atoms with E-state index in [-0.39, 0.29) is 17.7 Å². The minimum Gasteiger partial charge on any atom is -0.496 e. The number of aromatic amines is 1. The lowest BCUT2D eigenvalue weighted by atomic mass is 10.1. The van der Waals surface area contributed by atoms with Gasteiger partial charge in [0.1, 0.15) is 11.6 Å². The van der Waals surface area contributed by atoms with Crippen molar-refractivity contribution in [1.82, 2.24) is 20.5 Å². The number of aryl methyl sites for hydroxylation is 1. The zero-order valence-corrected chi connectivity index (χ0v) is 13.0. The minimum atomic E-state index is -0.122. The van der Waals surface area contributed by atoms with E-state index in [2.05, 4.69) is 20.5 Å². The Hall–Kier alpha value is -2.02. The predicted octanol–water partition coefficient (Wildman–Crippen LogP) is 2.09. The maximum Gasteiger partial charge on any atom is 0.230 e. The van der Waals surface area contributed by atoms with Gasteiger partial charge >= 0.3 is 0 Å². The number of thioether (sulfide) groups is 1. The maximum atomic E-state index is 12.0. The molecular weight excluding hydrogens is 288 g/mol. The Morgan fingerprint density at radius 3 is 2.90 bits per heavy atom. The maximum absolute atomic E-state index is 12.0.